The summed E-state index contributed by atoms with van der Waals surface area (Å²) in [7, 11) is 0. The lowest BCUT2D eigenvalue weighted by Crippen LogP contribution is -2.50. The van der Waals surface area contributed by atoms with Crippen molar-refractivity contribution < 1.29 is 9.59 Å². The van der Waals surface area contributed by atoms with Crippen LogP contribution < -0.4 is 5.32 Å². The number of aryl methyl sites for hydroxylation is 4. The summed E-state index contributed by atoms with van der Waals surface area (Å²) in [6, 6.07) is 7.94. The van der Waals surface area contributed by atoms with Crippen LogP contribution in [0.4, 0.5) is 5.69 Å². The average molecular weight is 398 g/mol. The molecule has 0 radical (unpaired) electrons. The first-order chi connectivity index (χ1) is 13.8. The highest BCUT2D eigenvalue weighted by atomic mass is 16.2. The first-order valence-electron chi connectivity index (χ1n) is 10.2. The molecule has 7 heteroatoms. The summed E-state index contributed by atoms with van der Waals surface area (Å²) in [6.07, 6.45) is 0.453. The number of rotatable bonds is 6. The summed E-state index contributed by atoms with van der Waals surface area (Å²) in [5, 5.41) is 7.42. The van der Waals surface area contributed by atoms with Gasteiger partial charge in [0.05, 0.1) is 12.2 Å². The van der Waals surface area contributed by atoms with Gasteiger partial charge in [-0.3, -0.25) is 19.2 Å². The van der Waals surface area contributed by atoms with Crippen LogP contribution in [0.1, 0.15) is 28.9 Å². The maximum Gasteiger partial charge on any atom is 0.238 e. The van der Waals surface area contributed by atoms with Crippen LogP contribution in [-0.4, -0.2) is 64.1 Å². The lowest BCUT2D eigenvalue weighted by atomic mass is 10.1. The van der Waals surface area contributed by atoms with Crippen LogP contribution in [0.2, 0.25) is 0 Å². The zero-order valence-corrected chi connectivity index (χ0v) is 17.9. The van der Waals surface area contributed by atoms with Crippen molar-refractivity contribution in [3.05, 3.63) is 46.8 Å². The molecule has 2 aromatic rings. The minimum Gasteiger partial charge on any atom is -0.340 e. The highest BCUT2D eigenvalue weighted by Crippen LogP contribution is 2.18. The predicted octanol–water partition coefficient (Wildman–Crippen LogP) is 2.29. The molecule has 1 aliphatic heterocycles. The zero-order chi connectivity index (χ0) is 21.0. The van der Waals surface area contributed by atoms with Crippen LogP contribution in [-0.2, 0) is 16.1 Å². The van der Waals surface area contributed by atoms with E-state index in [1.165, 1.54) is 0 Å². The first kappa shape index (κ1) is 21.0. The van der Waals surface area contributed by atoms with E-state index in [1.54, 1.807) is 0 Å². The number of hydrogen-bond acceptors (Lipinski definition) is 4. The molecule has 0 unspecified atom stereocenters. The maximum absolute atomic E-state index is 12.5. The van der Waals surface area contributed by atoms with Crippen molar-refractivity contribution in [1.29, 1.82) is 0 Å². The summed E-state index contributed by atoms with van der Waals surface area (Å²) in [5.74, 6) is 0.139. The van der Waals surface area contributed by atoms with Crippen LogP contribution in [0, 0.1) is 27.7 Å². The van der Waals surface area contributed by atoms with Crippen molar-refractivity contribution in [2.45, 2.75) is 40.7 Å². The number of anilines is 1. The second-order valence-electron chi connectivity index (χ2n) is 7.85. The topological polar surface area (TPSA) is 70.5 Å². The maximum atomic E-state index is 12.5. The lowest BCUT2D eigenvalue weighted by Gasteiger charge is -2.34. The summed E-state index contributed by atoms with van der Waals surface area (Å²) >= 11 is 0. The third-order valence-electron chi connectivity index (χ3n) is 5.61. The van der Waals surface area contributed by atoms with Crippen LogP contribution in [0.15, 0.2) is 24.3 Å². The quantitative estimate of drug-likeness (QED) is 0.812. The number of nitrogens with zero attached hydrogens (tertiary/aromatic N) is 4. The Hall–Kier alpha value is -2.67. The van der Waals surface area contributed by atoms with Gasteiger partial charge in [-0.15, -0.1) is 0 Å². The number of carbonyl (C=O) groups excluding carboxylic acids is 2. The van der Waals surface area contributed by atoms with E-state index in [9.17, 15) is 9.59 Å². The number of carbonyl (C=O) groups is 2. The Morgan fingerprint density at radius 3 is 2.45 bits per heavy atom. The second-order valence-corrected chi connectivity index (χ2v) is 7.85. The van der Waals surface area contributed by atoms with Crippen LogP contribution >= 0.6 is 0 Å². The van der Waals surface area contributed by atoms with Crippen molar-refractivity contribution in [3.63, 3.8) is 0 Å². The van der Waals surface area contributed by atoms with Gasteiger partial charge in [0.25, 0.3) is 0 Å². The van der Waals surface area contributed by atoms with Crippen molar-refractivity contribution >= 4 is 17.5 Å². The standard InChI is InChI=1S/C22H31N5O2/c1-16-6-5-7-20(19(16)4)23-21(28)15-25-10-12-26(13-11-25)22(29)8-9-27-18(3)14-17(2)24-27/h5-7,14H,8-13,15H2,1-4H3,(H,23,28). The van der Waals surface area contributed by atoms with Crippen LogP contribution in [0.3, 0.4) is 0 Å². The van der Waals surface area contributed by atoms with Gasteiger partial charge in [-0.2, -0.15) is 5.10 Å². The highest BCUT2D eigenvalue weighted by Gasteiger charge is 2.22. The summed E-state index contributed by atoms with van der Waals surface area (Å²) in [4.78, 5) is 28.9. The van der Waals surface area contributed by atoms with E-state index in [1.807, 2.05) is 61.5 Å². The number of aromatic nitrogens is 2. The first-order valence-corrected chi connectivity index (χ1v) is 10.2. The predicted molar refractivity (Wildman–Crippen MR) is 114 cm³/mol. The van der Waals surface area contributed by atoms with E-state index in [0.29, 0.717) is 45.7 Å². The lowest BCUT2D eigenvalue weighted by molar-refractivity contribution is -0.133. The Balaban J connectivity index is 1.42. The van der Waals surface area contributed by atoms with Gasteiger partial charge < -0.3 is 10.2 Å². The molecule has 1 saturated heterocycles. The summed E-state index contributed by atoms with van der Waals surface area (Å²) in [6.45, 7) is 11.7. The fraction of sp³-hybridized carbons (Fsp3) is 0.500. The molecule has 2 amide bonds. The third kappa shape index (κ3) is 5.44. The van der Waals surface area contributed by atoms with Crippen molar-refractivity contribution in [3.8, 4) is 0 Å². The van der Waals surface area contributed by atoms with Gasteiger partial charge in [0, 0.05) is 50.5 Å². The van der Waals surface area contributed by atoms with Crippen molar-refractivity contribution in [2.75, 3.05) is 38.0 Å². The molecule has 0 bridgehead atoms. The molecule has 0 saturated carbocycles. The molecule has 1 aromatic carbocycles. The molecule has 1 fully saturated rings. The molecular formula is C22H31N5O2. The molecule has 7 nitrogen and oxygen atoms in total. The number of benzene rings is 1. The molecule has 1 aliphatic rings. The molecule has 0 aliphatic carbocycles. The number of piperazine rings is 1. The van der Waals surface area contributed by atoms with E-state index in [0.717, 1.165) is 28.2 Å². The zero-order valence-electron chi connectivity index (χ0n) is 17.9. The van der Waals surface area contributed by atoms with Crippen LogP contribution in [0.25, 0.3) is 0 Å². The Morgan fingerprint density at radius 1 is 1.07 bits per heavy atom. The van der Waals surface area contributed by atoms with E-state index >= 15 is 0 Å². The fourth-order valence-electron chi connectivity index (χ4n) is 3.70. The normalized spacial score (nSPS) is 14.8. The van der Waals surface area contributed by atoms with Crippen molar-refractivity contribution in [1.82, 2.24) is 19.6 Å². The molecular weight excluding hydrogens is 366 g/mol. The smallest absolute Gasteiger partial charge is 0.238 e. The largest absolute Gasteiger partial charge is 0.340 e. The van der Waals surface area contributed by atoms with Crippen molar-refractivity contribution in [2.24, 2.45) is 0 Å². The van der Waals surface area contributed by atoms with Gasteiger partial charge in [0.15, 0.2) is 0 Å². The minimum atomic E-state index is -0.0111. The Labute approximate surface area is 172 Å². The average Bonchev–Trinajstić information content (AvgIpc) is 3.01. The Morgan fingerprint density at radius 2 is 1.79 bits per heavy atom. The Bertz CT molecular complexity index is 881. The molecule has 156 valence electrons. The van der Waals surface area contributed by atoms with Gasteiger partial charge in [-0.1, -0.05) is 12.1 Å². The molecule has 29 heavy (non-hydrogen) atoms. The minimum absolute atomic E-state index is 0.0111. The summed E-state index contributed by atoms with van der Waals surface area (Å²) < 4.78 is 1.89. The van der Waals surface area contributed by atoms with E-state index in [-0.39, 0.29) is 11.8 Å². The van der Waals surface area contributed by atoms with E-state index in [2.05, 4.69) is 15.3 Å². The monoisotopic (exact) mass is 397 g/mol. The molecule has 1 aromatic heterocycles. The number of nitrogens with one attached hydrogen (secondary N) is 1. The van der Waals surface area contributed by atoms with E-state index in [4.69, 9.17) is 0 Å². The number of amides is 2. The third-order valence-corrected chi connectivity index (χ3v) is 5.61. The molecule has 0 spiro atoms. The van der Waals surface area contributed by atoms with Gasteiger partial charge in [-0.25, -0.2) is 0 Å². The number of hydrogen-bond donors (Lipinski definition) is 1. The summed E-state index contributed by atoms with van der Waals surface area (Å²) in [5.41, 5.74) is 5.18. The molecule has 0 atom stereocenters. The SMILES string of the molecule is Cc1cc(C)n(CCC(=O)N2CCN(CC(=O)Nc3cccc(C)c3C)CC2)n1. The molecule has 1 N–H and O–H groups in total. The van der Waals surface area contributed by atoms with Gasteiger partial charge in [0.1, 0.15) is 0 Å². The van der Waals surface area contributed by atoms with Gasteiger partial charge in [0.2, 0.25) is 11.8 Å². The highest BCUT2D eigenvalue weighted by molar-refractivity contribution is 5.93. The van der Waals surface area contributed by atoms with E-state index < -0.39 is 0 Å². The van der Waals surface area contributed by atoms with Crippen LogP contribution in [0.5, 0.6) is 0 Å². The molecule has 2 heterocycles. The fourth-order valence-corrected chi connectivity index (χ4v) is 3.70. The van der Waals surface area contributed by atoms with Gasteiger partial charge in [-0.05, 0) is 51.0 Å². The molecule has 3 rings (SSSR count). The second kappa shape index (κ2) is 9.22. The van der Waals surface area contributed by atoms with Gasteiger partial charge >= 0.3 is 0 Å². The Kier molecular flexibility index (Phi) is 6.69.